The monoisotopic (exact) mass is 418 g/mol. The molecule has 7 heteroatoms. The predicted octanol–water partition coefficient (Wildman–Crippen LogP) is 4.10. The van der Waals surface area contributed by atoms with Crippen molar-refractivity contribution in [3.63, 3.8) is 0 Å². The fraction of sp³-hybridized carbons (Fsp3) is 0.409. The summed E-state index contributed by atoms with van der Waals surface area (Å²) in [6.07, 6.45) is 3.12. The fourth-order valence-electron chi connectivity index (χ4n) is 2.77. The van der Waals surface area contributed by atoms with Crippen molar-refractivity contribution in [3.05, 3.63) is 53.1 Å². The molecule has 2 rings (SSSR count). The lowest BCUT2D eigenvalue weighted by molar-refractivity contribution is -0.123. The third-order valence-electron chi connectivity index (χ3n) is 4.68. The molecule has 2 aromatic rings. The van der Waals surface area contributed by atoms with Gasteiger partial charge in [0.1, 0.15) is 5.75 Å². The Morgan fingerprint density at radius 2 is 1.72 bits per heavy atom. The maximum absolute atomic E-state index is 12.7. The summed E-state index contributed by atoms with van der Waals surface area (Å²) in [5.41, 5.74) is 3.27. The number of rotatable bonds is 10. The Balaban J connectivity index is 2.00. The van der Waals surface area contributed by atoms with E-state index in [0.717, 1.165) is 30.4 Å². The van der Waals surface area contributed by atoms with E-state index in [-0.39, 0.29) is 17.4 Å². The molecule has 29 heavy (non-hydrogen) atoms. The van der Waals surface area contributed by atoms with Crippen molar-refractivity contribution >= 4 is 21.6 Å². The normalized spacial score (nSPS) is 11.2. The lowest BCUT2D eigenvalue weighted by Gasteiger charge is -2.13. The second-order valence-corrected chi connectivity index (χ2v) is 8.86. The van der Waals surface area contributed by atoms with Crippen molar-refractivity contribution < 1.29 is 17.9 Å². The van der Waals surface area contributed by atoms with E-state index in [1.165, 1.54) is 12.1 Å². The number of aryl methyl sites for hydroxylation is 3. The molecule has 2 aromatic carbocycles. The number of hydrogen-bond acceptors (Lipinski definition) is 4. The molecule has 0 radical (unpaired) electrons. The zero-order valence-corrected chi connectivity index (χ0v) is 18.4. The highest BCUT2D eigenvalue weighted by atomic mass is 32.2. The number of anilines is 1. The molecule has 0 unspecified atom stereocenters. The SMILES string of the molecule is CCCCCNC(=O)COc1ccc(S(=O)(=O)Nc2ccc(C)c(C)c2)cc1C. The van der Waals surface area contributed by atoms with Gasteiger partial charge in [0, 0.05) is 12.2 Å². The molecule has 0 aliphatic rings. The maximum Gasteiger partial charge on any atom is 0.261 e. The van der Waals surface area contributed by atoms with Crippen LogP contribution in [-0.4, -0.2) is 27.5 Å². The van der Waals surface area contributed by atoms with Crippen molar-refractivity contribution in [1.82, 2.24) is 5.32 Å². The summed E-state index contributed by atoms with van der Waals surface area (Å²) in [4.78, 5) is 12.0. The number of ether oxygens (including phenoxy) is 1. The predicted molar refractivity (Wildman–Crippen MR) is 116 cm³/mol. The highest BCUT2D eigenvalue weighted by Gasteiger charge is 2.16. The number of unbranched alkanes of at least 4 members (excludes halogenated alkanes) is 2. The van der Waals surface area contributed by atoms with Crippen LogP contribution in [0.3, 0.4) is 0 Å². The van der Waals surface area contributed by atoms with E-state index in [2.05, 4.69) is 17.0 Å². The minimum Gasteiger partial charge on any atom is -0.484 e. The minimum atomic E-state index is -3.72. The van der Waals surface area contributed by atoms with Gasteiger partial charge in [-0.3, -0.25) is 9.52 Å². The average molecular weight is 419 g/mol. The molecule has 0 saturated heterocycles. The Morgan fingerprint density at radius 3 is 2.38 bits per heavy atom. The number of sulfonamides is 1. The molecular formula is C22H30N2O4S. The first-order chi connectivity index (χ1) is 13.7. The Kier molecular flexibility index (Phi) is 8.08. The lowest BCUT2D eigenvalue weighted by atomic mass is 10.1. The van der Waals surface area contributed by atoms with E-state index in [0.29, 0.717) is 23.5 Å². The van der Waals surface area contributed by atoms with Crippen molar-refractivity contribution in [2.75, 3.05) is 17.9 Å². The fourth-order valence-corrected chi connectivity index (χ4v) is 3.90. The number of carbonyl (C=O) groups excluding carboxylic acids is 1. The van der Waals surface area contributed by atoms with Gasteiger partial charge in [0.2, 0.25) is 0 Å². The van der Waals surface area contributed by atoms with Crippen LogP contribution in [0.4, 0.5) is 5.69 Å². The van der Waals surface area contributed by atoms with Crippen LogP contribution in [0.5, 0.6) is 5.75 Å². The third kappa shape index (κ3) is 6.78. The molecule has 0 aliphatic carbocycles. The van der Waals surface area contributed by atoms with Crippen LogP contribution in [0.25, 0.3) is 0 Å². The Hall–Kier alpha value is -2.54. The molecule has 0 fully saturated rings. The standard InChI is InChI=1S/C22H30N2O4S/c1-5-6-7-12-23-22(25)15-28-21-11-10-20(14-18(21)4)29(26,27)24-19-9-8-16(2)17(3)13-19/h8-11,13-14,24H,5-7,12,15H2,1-4H3,(H,23,25). The molecular weight excluding hydrogens is 388 g/mol. The van der Waals surface area contributed by atoms with Crippen LogP contribution in [0.1, 0.15) is 42.9 Å². The summed E-state index contributed by atoms with van der Waals surface area (Å²) in [7, 11) is -3.72. The summed E-state index contributed by atoms with van der Waals surface area (Å²) in [6.45, 7) is 8.30. The summed E-state index contributed by atoms with van der Waals surface area (Å²) in [5.74, 6) is 0.299. The van der Waals surface area contributed by atoms with Gasteiger partial charge < -0.3 is 10.1 Å². The van der Waals surface area contributed by atoms with E-state index < -0.39 is 10.0 Å². The van der Waals surface area contributed by atoms with Crippen molar-refractivity contribution in [2.45, 2.75) is 51.9 Å². The molecule has 0 saturated carbocycles. The molecule has 1 amide bonds. The Bertz CT molecular complexity index is 955. The Morgan fingerprint density at radius 1 is 0.966 bits per heavy atom. The van der Waals surface area contributed by atoms with Crippen molar-refractivity contribution in [1.29, 1.82) is 0 Å². The molecule has 0 heterocycles. The van der Waals surface area contributed by atoms with Gasteiger partial charge in [-0.2, -0.15) is 0 Å². The van der Waals surface area contributed by atoms with Gasteiger partial charge in [0.05, 0.1) is 4.90 Å². The molecule has 0 aromatic heterocycles. The first-order valence-corrected chi connectivity index (χ1v) is 11.3. The largest absolute Gasteiger partial charge is 0.484 e. The first-order valence-electron chi connectivity index (χ1n) is 9.83. The summed E-state index contributed by atoms with van der Waals surface area (Å²) in [6, 6.07) is 10.0. The number of carbonyl (C=O) groups is 1. The molecule has 2 N–H and O–H groups in total. The zero-order valence-electron chi connectivity index (χ0n) is 17.5. The van der Waals surface area contributed by atoms with Gasteiger partial charge in [-0.1, -0.05) is 25.8 Å². The molecule has 0 atom stereocenters. The molecule has 158 valence electrons. The highest BCUT2D eigenvalue weighted by molar-refractivity contribution is 7.92. The Labute approximate surface area is 173 Å². The van der Waals surface area contributed by atoms with Crippen LogP contribution < -0.4 is 14.8 Å². The van der Waals surface area contributed by atoms with Gasteiger partial charge in [-0.25, -0.2) is 8.42 Å². The average Bonchev–Trinajstić information content (AvgIpc) is 2.67. The number of amides is 1. The molecule has 6 nitrogen and oxygen atoms in total. The zero-order chi connectivity index (χ0) is 21.4. The van der Waals surface area contributed by atoms with Gasteiger partial charge in [0.15, 0.2) is 6.61 Å². The minimum absolute atomic E-state index is 0.0973. The van der Waals surface area contributed by atoms with Crippen LogP contribution in [-0.2, 0) is 14.8 Å². The van der Waals surface area contributed by atoms with E-state index in [1.807, 2.05) is 19.9 Å². The van der Waals surface area contributed by atoms with E-state index in [1.54, 1.807) is 25.1 Å². The highest BCUT2D eigenvalue weighted by Crippen LogP contribution is 2.24. The smallest absolute Gasteiger partial charge is 0.261 e. The van der Waals surface area contributed by atoms with E-state index in [4.69, 9.17) is 4.74 Å². The summed E-state index contributed by atoms with van der Waals surface area (Å²) < 4.78 is 33.5. The quantitative estimate of drug-likeness (QED) is 0.569. The van der Waals surface area contributed by atoms with Gasteiger partial charge in [-0.15, -0.1) is 0 Å². The van der Waals surface area contributed by atoms with Crippen molar-refractivity contribution in [2.24, 2.45) is 0 Å². The third-order valence-corrected chi connectivity index (χ3v) is 6.06. The number of benzene rings is 2. The second kappa shape index (κ2) is 10.3. The lowest BCUT2D eigenvalue weighted by Crippen LogP contribution is -2.29. The number of hydrogen-bond donors (Lipinski definition) is 2. The van der Waals surface area contributed by atoms with Crippen LogP contribution in [0, 0.1) is 20.8 Å². The summed E-state index contributed by atoms with van der Waals surface area (Å²) >= 11 is 0. The van der Waals surface area contributed by atoms with Gasteiger partial charge >= 0.3 is 0 Å². The van der Waals surface area contributed by atoms with Gasteiger partial charge in [-0.05, 0) is 74.2 Å². The number of nitrogens with one attached hydrogen (secondary N) is 2. The van der Waals surface area contributed by atoms with E-state index >= 15 is 0 Å². The van der Waals surface area contributed by atoms with Crippen LogP contribution in [0.2, 0.25) is 0 Å². The maximum atomic E-state index is 12.7. The molecule has 0 bridgehead atoms. The van der Waals surface area contributed by atoms with Gasteiger partial charge in [0.25, 0.3) is 15.9 Å². The van der Waals surface area contributed by atoms with Crippen molar-refractivity contribution in [3.8, 4) is 5.75 Å². The van der Waals surface area contributed by atoms with E-state index in [9.17, 15) is 13.2 Å². The molecule has 0 spiro atoms. The summed E-state index contributed by atoms with van der Waals surface area (Å²) in [5, 5.41) is 2.81. The second-order valence-electron chi connectivity index (χ2n) is 7.18. The molecule has 0 aliphatic heterocycles. The van der Waals surface area contributed by atoms with Crippen LogP contribution >= 0.6 is 0 Å². The first kappa shape index (κ1) is 22.7. The topological polar surface area (TPSA) is 84.5 Å². The van der Waals surface area contributed by atoms with Crippen LogP contribution in [0.15, 0.2) is 41.3 Å².